The number of nitrogens with zero attached hydrogens (tertiary/aromatic N) is 1. The molecule has 1 aromatic rings. The maximum Gasteiger partial charge on any atom is 0.104 e. The van der Waals surface area contributed by atoms with Gasteiger partial charge in [-0.3, -0.25) is 9.94 Å². The Hall–Kier alpha value is -0.870. The summed E-state index contributed by atoms with van der Waals surface area (Å²) >= 11 is 0. The number of H-pyrrole nitrogens is 1. The second-order valence-electron chi connectivity index (χ2n) is 1.81. The SMILES string of the molecule is CC(ON)c1cn[nH]c1. The minimum Gasteiger partial charge on any atom is -0.297 e. The average Bonchev–Trinajstić information content (AvgIpc) is 2.37. The van der Waals surface area contributed by atoms with Crippen LogP contribution in [0.25, 0.3) is 0 Å². The highest BCUT2D eigenvalue weighted by Gasteiger charge is 2.02. The van der Waals surface area contributed by atoms with Crippen LogP contribution in [0.4, 0.5) is 0 Å². The molecule has 50 valence electrons. The molecule has 1 aromatic heterocycles. The van der Waals surface area contributed by atoms with E-state index in [2.05, 4.69) is 15.0 Å². The molecule has 1 atom stereocenters. The first-order valence-corrected chi connectivity index (χ1v) is 2.69. The van der Waals surface area contributed by atoms with Gasteiger partial charge >= 0.3 is 0 Å². The molecular weight excluding hydrogens is 118 g/mol. The molecule has 1 heterocycles. The smallest absolute Gasteiger partial charge is 0.104 e. The van der Waals surface area contributed by atoms with Crippen LogP contribution in [-0.4, -0.2) is 10.2 Å². The fourth-order valence-corrected chi connectivity index (χ4v) is 0.562. The van der Waals surface area contributed by atoms with Crippen molar-refractivity contribution in [1.29, 1.82) is 0 Å². The van der Waals surface area contributed by atoms with Crippen LogP contribution in [0.5, 0.6) is 0 Å². The van der Waals surface area contributed by atoms with Crippen molar-refractivity contribution in [3.8, 4) is 0 Å². The molecule has 0 aliphatic rings. The van der Waals surface area contributed by atoms with E-state index in [-0.39, 0.29) is 6.10 Å². The average molecular weight is 127 g/mol. The van der Waals surface area contributed by atoms with Crippen molar-refractivity contribution in [3.63, 3.8) is 0 Å². The summed E-state index contributed by atoms with van der Waals surface area (Å²) in [5.41, 5.74) is 0.956. The van der Waals surface area contributed by atoms with Gasteiger partial charge in [0.15, 0.2) is 0 Å². The minimum atomic E-state index is -0.0799. The summed E-state index contributed by atoms with van der Waals surface area (Å²) in [6.07, 6.45) is 3.35. The number of nitrogens with two attached hydrogens (primary N) is 1. The van der Waals surface area contributed by atoms with E-state index in [0.29, 0.717) is 0 Å². The summed E-state index contributed by atoms with van der Waals surface area (Å²) in [7, 11) is 0. The van der Waals surface area contributed by atoms with Crippen molar-refractivity contribution in [2.24, 2.45) is 5.90 Å². The largest absolute Gasteiger partial charge is 0.297 e. The van der Waals surface area contributed by atoms with Crippen molar-refractivity contribution in [2.45, 2.75) is 13.0 Å². The molecule has 0 aliphatic carbocycles. The zero-order valence-electron chi connectivity index (χ0n) is 5.16. The molecule has 1 unspecified atom stereocenters. The van der Waals surface area contributed by atoms with E-state index in [1.807, 2.05) is 6.92 Å². The van der Waals surface area contributed by atoms with Crippen LogP contribution in [0.2, 0.25) is 0 Å². The first kappa shape index (κ1) is 6.25. The number of aromatic nitrogens is 2. The molecule has 4 nitrogen and oxygen atoms in total. The highest BCUT2D eigenvalue weighted by atomic mass is 16.6. The lowest BCUT2D eigenvalue weighted by atomic mass is 10.2. The van der Waals surface area contributed by atoms with Gasteiger partial charge < -0.3 is 0 Å². The summed E-state index contributed by atoms with van der Waals surface area (Å²) < 4.78 is 0. The molecule has 0 saturated carbocycles. The number of nitrogens with one attached hydrogen (secondary N) is 1. The molecule has 4 heteroatoms. The molecule has 0 amide bonds. The van der Waals surface area contributed by atoms with Gasteiger partial charge in [0.25, 0.3) is 0 Å². The maximum absolute atomic E-state index is 4.92. The second kappa shape index (κ2) is 2.61. The molecule has 0 aromatic carbocycles. The highest BCUT2D eigenvalue weighted by Crippen LogP contribution is 2.10. The molecule has 0 radical (unpaired) electrons. The molecule has 9 heavy (non-hydrogen) atoms. The first-order chi connectivity index (χ1) is 4.34. The Morgan fingerprint density at radius 2 is 2.67 bits per heavy atom. The fourth-order valence-electron chi connectivity index (χ4n) is 0.562. The Bertz CT molecular complexity index is 161. The molecule has 0 aliphatic heterocycles. The molecule has 0 saturated heterocycles. The van der Waals surface area contributed by atoms with Crippen molar-refractivity contribution in [1.82, 2.24) is 10.2 Å². The molecule has 1 rings (SSSR count). The van der Waals surface area contributed by atoms with Crippen molar-refractivity contribution < 1.29 is 4.84 Å². The summed E-state index contributed by atoms with van der Waals surface area (Å²) in [5, 5.41) is 6.39. The molecule has 0 spiro atoms. The monoisotopic (exact) mass is 127 g/mol. The Kier molecular flexibility index (Phi) is 1.81. The fraction of sp³-hybridized carbons (Fsp3) is 0.400. The molecule has 3 N–H and O–H groups in total. The van der Waals surface area contributed by atoms with Crippen LogP contribution in [0, 0.1) is 0 Å². The molecular formula is C5H9N3O. The van der Waals surface area contributed by atoms with E-state index in [9.17, 15) is 0 Å². The molecule has 0 fully saturated rings. The van der Waals surface area contributed by atoms with Crippen LogP contribution < -0.4 is 5.90 Å². The quantitative estimate of drug-likeness (QED) is 0.564. The summed E-state index contributed by atoms with van der Waals surface area (Å²) in [4.78, 5) is 4.53. The van der Waals surface area contributed by atoms with Gasteiger partial charge in [0.05, 0.1) is 6.20 Å². The van der Waals surface area contributed by atoms with Crippen LogP contribution in [0.15, 0.2) is 12.4 Å². The topological polar surface area (TPSA) is 63.9 Å². The van der Waals surface area contributed by atoms with Crippen LogP contribution >= 0.6 is 0 Å². The predicted octanol–water partition coefficient (Wildman–Crippen LogP) is 0.361. The zero-order valence-corrected chi connectivity index (χ0v) is 5.16. The lowest BCUT2D eigenvalue weighted by Gasteiger charge is -2.02. The third kappa shape index (κ3) is 1.28. The number of aromatic amines is 1. The summed E-state index contributed by atoms with van der Waals surface area (Å²) in [5.74, 6) is 4.92. The van der Waals surface area contributed by atoms with E-state index in [1.165, 1.54) is 0 Å². The molecule has 0 bridgehead atoms. The van der Waals surface area contributed by atoms with E-state index < -0.39 is 0 Å². The minimum absolute atomic E-state index is 0.0799. The van der Waals surface area contributed by atoms with Gasteiger partial charge in [-0.2, -0.15) is 5.10 Å². The predicted molar refractivity (Wildman–Crippen MR) is 32.3 cm³/mol. The van der Waals surface area contributed by atoms with Gasteiger partial charge in [-0.05, 0) is 6.92 Å². The van der Waals surface area contributed by atoms with Crippen LogP contribution in [-0.2, 0) is 4.84 Å². The third-order valence-corrected chi connectivity index (χ3v) is 1.19. The number of rotatable bonds is 2. The van der Waals surface area contributed by atoms with Gasteiger partial charge in [0, 0.05) is 11.8 Å². The van der Waals surface area contributed by atoms with Gasteiger partial charge in [-0.15, -0.1) is 0 Å². The Balaban J connectivity index is 2.65. The van der Waals surface area contributed by atoms with Crippen LogP contribution in [0.1, 0.15) is 18.6 Å². The maximum atomic E-state index is 4.92. The summed E-state index contributed by atoms with van der Waals surface area (Å²) in [6.45, 7) is 1.85. The summed E-state index contributed by atoms with van der Waals surface area (Å²) in [6, 6.07) is 0. The van der Waals surface area contributed by atoms with Gasteiger partial charge in [0.1, 0.15) is 6.10 Å². The Labute approximate surface area is 53.0 Å². The standard InChI is InChI=1S/C5H9N3O/c1-4(9-6)5-2-7-8-3-5/h2-4H,6H2,1H3,(H,7,8). The lowest BCUT2D eigenvalue weighted by molar-refractivity contribution is 0.0664. The van der Waals surface area contributed by atoms with E-state index in [1.54, 1.807) is 12.4 Å². The Morgan fingerprint density at radius 3 is 3.11 bits per heavy atom. The van der Waals surface area contributed by atoms with Gasteiger partial charge in [0.2, 0.25) is 0 Å². The van der Waals surface area contributed by atoms with Gasteiger partial charge in [-0.25, -0.2) is 5.90 Å². The lowest BCUT2D eigenvalue weighted by Crippen LogP contribution is -2.03. The highest BCUT2D eigenvalue weighted by molar-refractivity contribution is 5.05. The van der Waals surface area contributed by atoms with E-state index in [4.69, 9.17) is 5.90 Å². The van der Waals surface area contributed by atoms with E-state index >= 15 is 0 Å². The first-order valence-electron chi connectivity index (χ1n) is 2.69. The van der Waals surface area contributed by atoms with E-state index in [0.717, 1.165) is 5.56 Å². The Morgan fingerprint density at radius 1 is 1.89 bits per heavy atom. The number of hydrogen-bond acceptors (Lipinski definition) is 3. The zero-order chi connectivity index (χ0) is 6.69. The second-order valence-corrected chi connectivity index (χ2v) is 1.81. The van der Waals surface area contributed by atoms with Crippen molar-refractivity contribution in [3.05, 3.63) is 18.0 Å². The van der Waals surface area contributed by atoms with Gasteiger partial charge in [-0.1, -0.05) is 0 Å². The van der Waals surface area contributed by atoms with Crippen LogP contribution in [0.3, 0.4) is 0 Å². The third-order valence-electron chi connectivity index (χ3n) is 1.19. The normalized spacial score (nSPS) is 13.6. The van der Waals surface area contributed by atoms with Crippen molar-refractivity contribution in [2.75, 3.05) is 0 Å². The number of hydrogen-bond donors (Lipinski definition) is 2. The van der Waals surface area contributed by atoms with Crippen molar-refractivity contribution >= 4 is 0 Å².